The first-order chi connectivity index (χ1) is 5.99. The molecule has 0 saturated heterocycles. The van der Waals surface area contributed by atoms with Gasteiger partial charge in [-0.15, -0.1) is 11.8 Å². The van der Waals surface area contributed by atoms with Gasteiger partial charge in [-0.2, -0.15) is 0 Å². The van der Waals surface area contributed by atoms with Crippen LogP contribution in [0.4, 0.5) is 0 Å². The summed E-state index contributed by atoms with van der Waals surface area (Å²) in [6, 6.07) is 1.64. The Kier molecular flexibility index (Phi) is 3.26. The fourth-order valence-corrected chi connectivity index (χ4v) is 3.68. The summed E-state index contributed by atoms with van der Waals surface area (Å²) in [4.78, 5) is 0.282. The van der Waals surface area contributed by atoms with Crippen LogP contribution in [0.2, 0.25) is 0 Å². The van der Waals surface area contributed by atoms with Crippen LogP contribution in [0.5, 0.6) is 5.06 Å². The molecule has 3 nitrogen and oxygen atoms in total. The Morgan fingerprint density at radius 2 is 2.15 bits per heavy atom. The highest BCUT2D eigenvalue weighted by Crippen LogP contribution is 2.38. The van der Waals surface area contributed by atoms with Gasteiger partial charge in [0, 0.05) is 6.26 Å². The largest absolute Gasteiger partial charge is 0.486 e. The van der Waals surface area contributed by atoms with Gasteiger partial charge in [-0.1, -0.05) is 11.3 Å². The maximum absolute atomic E-state index is 11.3. The zero-order valence-corrected chi connectivity index (χ0v) is 9.98. The topological polar surface area (TPSA) is 43.4 Å². The Hall–Kier alpha value is -0.200. The number of hydrogen-bond donors (Lipinski definition) is 0. The second kappa shape index (κ2) is 3.89. The number of ether oxygens (including phenoxy) is 1. The van der Waals surface area contributed by atoms with Crippen molar-refractivity contribution in [3.63, 3.8) is 0 Å². The molecule has 0 saturated carbocycles. The lowest BCUT2D eigenvalue weighted by Gasteiger charge is -1.97. The van der Waals surface area contributed by atoms with Crippen molar-refractivity contribution in [2.75, 3.05) is 19.6 Å². The SMILES string of the molecule is COc1sc(SC)cc1S(C)(=O)=O. The van der Waals surface area contributed by atoms with Gasteiger partial charge in [0.1, 0.15) is 4.90 Å². The lowest BCUT2D eigenvalue weighted by molar-refractivity contribution is 0.416. The second-order valence-corrected chi connectivity index (χ2v) is 6.50. The van der Waals surface area contributed by atoms with Gasteiger partial charge in [0.25, 0.3) is 0 Å². The van der Waals surface area contributed by atoms with E-state index in [1.807, 2.05) is 6.26 Å². The molecule has 0 aliphatic carbocycles. The first kappa shape index (κ1) is 10.9. The van der Waals surface area contributed by atoms with Gasteiger partial charge in [-0.25, -0.2) is 8.42 Å². The van der Waals surface area contributed by atoms with E-state index in [0.717, 1.165) is 4.21 Å². The highest BCUT2D eigenvalue weighted by Gasteiger charge is 2.17. The van der Waals surface area contributed by atoms with Crippen LogP contribution in [-0.2, 0) is 9.84 Å². The summed E-state index contributed by atoms with van der Waals surface area (Å²) in [5, 5.41) is 0.465. The van der Waals surface area contributed by atoms with Crippen molar-refractivity contribution in [2.24, 2.45) is 0 Å². The summed E-state index contributed by atoms with van der Waals surface area (Å²) in [5.41, 5.74) is 0. The molecule has 0 radical (unpaired) electrons. The Morgan fingerprint density at radius 3 is 2.46 bits per heavy atom. The second-order valence-electron chi connectivity index (χ2n) is 2.40. The fraction of sp³-hybridized carbons (Fsp3) is 0.429. The van der Waals surface area contributed by atoms with Crippen molar-refractivity contribution in [3.8, 4) is 5.06 Å². The maximum atomic E-state index is 11.3. The minimum absolute atomic E-state index is 0.282. The van der Waals surface area contributed by atoms with E-state index in [1.54, 1.807) is 6.07 Å². The quantitative estimate of drug-likeness (QED) is 0.754. The zero-order chi connectivity index (χ0) is 10.1. The third-order valence-electron chi connectivity index (χ3n) is 1.43. The highest BCUT2D eigenvalue weighted by molar-refractivity contribution is 8.00. The number of hydrogen-bond acceptors (Lipinski definition) is 5. The van der Waals surface area contributed by atoms with E-state index in [-0.39, 0.29) is 4.90 Å². The van der Waals surface area contributed by atoms with Gasteiger partial charge < -0.3 is 4.74 Å². The molecule has 0 fully saturated rings. The lowest BCUT2D eigenvalue weighted by Crippen LogP contribution is -1.96. The number of thiophene rings is 1. The van der Waals surface area contributed by atoms with Gasteiger partial charge >= 0.3 is 0 Å². The van der Waals surface area contributed by atoms with Gasteiger partial charge in [-0.3, -0.25) is 0 Å². The Bertz CT molecular complexity index is 391. The molecule has 0 N–H and O–H groups in total. The van der Waals surface area contributed by atoms with Crippen molar-refractivity contribution < 1.29 is 13.2 Å². The van der Waals surface area contributed by atoms with Gasteiger partial charge in [0.05, 0.1) is 11.3 Å². The van der Waals surface area contributed by atoms with Crippen LogP contribution in [-0.4, -0.2) is 28.0 Å². The molecule has 13 heavy (non-hydrogen) atoms. The summed E-state index contributed by atoms with van der Waals surface area (Å²) < 4.78 is 28.4. The van der Waals surface area contributed by atoms with Crippen LogP contribution in [0.25, 0.3) is 0 Å². The van der Waals surface area contributed by atoms with Crippen LogP contribution in [0, 0.1) is 0 Å². The Balaban J connectivity index is 3.28. The van der Waals surface area contributed by atoms with E-state index in [2.05, 4.69) is 0 Å². The average Bonchev–Trinajstić information content (AvgIpc) is 2.46. The van der Waals surface area contributed by atoms with Crippen molar-refractivity contribution in [1.29, 1.82) is 0 Å². The molecular weight excluding hydrogens is 228 g/mol. The highest BCUT2D eigenvalue weighted by atomic mass is 32.2. The minimum Gasteiger partial charge on any atom is -0.486 e. The fourth-order valence-electron chi connectivity index (χ4n) is 0.838. The molecule has 0 aromatic carbocycles. The first-order valence-electron chi connectivity index (χ1n) is 3.41. The van der Waals surface area contributed by atoms with Gasteiger partial charge in [0.15, 0.2) is 14.9 Å². The minimum atomic E-state index is -3.16. The van der Waals surface area contributed by atoms with Crippen LogP contribution < -0.4 is 4.74 Å². The van der Waals surface area contributed by atoms with E-state index >= 15 is 0 Å². The van der Waals surface area contributed by atoms with Crippen LogP contribution in [0.1, 0.15) is 0 Å². The molecule has 6 heteroatoms. The molecule has 1 aromatic rings. The molecule has 74 valence electrons. The molecule has 1 heterocycles. The lowest BCUT2D eigenvalue weighted by atomic mass is 10.6. The molecule has 0 bridgehead atoms. The molecule has 0 amide bonds. The standard InChI is InChI=1S/C7H10O3S3/c1-10-7-5(13(3,8)9)4-6(11-2)12-7/h4H,1-3H3. The number of sulfone groups is 1. The maximum Gasteiger partial charge on any atom is 0.193 e. The molecule has 0 unspecified atom stereocenters. The molecule has 0 spiro atoms. The third kappa shape index (κ3) is 2.38. The van der Waals surface area contributed by atoms with Gasteiger partial charge in [-0.05, 0) is 12.3 Å². The Labute approximate surface area is 86.0 Å². The summed E-state index contributed by atoms with van der Waals surface area (Å²) in [6.45, 7) is 0. The predicted octanol–water partition coefficient (Wildman–Crippen LogP) is 1.88. The third-order valence-corrected chi connectivity index (χ3v) is 4.82. The molecule has 0 aliphatic heterocycles. The van der Waals surface area contributed by atoms with Crippen LogP contribution in [0.15, 0.2) is 15.2 Å². The summed E-state index contributed by atoms with van der Waals surface area (Å²) >= 11 is 2.86. The van der Waals surface area contributed by atoms with Crippen molar-refractivity contribution in [1.82, 2.24) is 0 Å². The predicted molar refractivity (Wildman–Crippen MR) is 55.8 cm³/mol. The van der Waals surface area contributed by atoms with Crippen molar-refractivity contribution >= 4 is 32.9 Å². The van der Waals surface area contributed by atoms with E-state index in [9.17, 15) is 8.42 Å². The molecular formula is C7H10O3S3. The van der Waals surface area contributed by atoms with E-state index in [1.165, 1.54) is 36.5 Å². The van der Waals surface area contributed by atoms with Crippen molar-refractivity contribution in [3.05, 3.63) is 6.07 Å². The van der Waals surface area contributed by atoms with Crippen LogP contribution in [0.3, 0.4) is 0 Å². The molecule has 0 aliphatic rings. The molecule has 0 atom stereocenters. The number of rotatable bonds is 3. The van der Waals surface area contributed by atoms with Gasteiger partial charge in [0.2, 0.25) is 0 Å². The van der Waals surface area contributed by atoms with Crippen molar-refractivity contribution in [2.45, 2.75) is 9.10 Å². The van der Waals surface area contributed by atoms with Crippen LogP contribution >= 0.6 is 23.1 Å². The first-order valence-corrected chi connectivity index (χ1v) is 7.34. The average molecular weight is 238 g/mol. The smallest absolute Gasteiger partial charge is 0.193 e. The normalized spacial score (nSPS) is 11.6. The molecule has 1 aromatic heterocycles. The summed E-state index contributed by atoms with van der Waals surface area (Å²) in [6.07, 6.45) is 3.08. The summed E-state index contributed by atoms with van der Waals surface area (Å²) in [7, 11) is -1.69. The van der Waals surface area contributed by atoms with E-state index in [4.69, 9.17) is 4.74 Å². The summed E-state index contributed by atoms with van der Waals surface area (Å²) in [5.74, 6) is 0. The Morgan fingerprint density at radius 1 is 1.54 bits per heavy atom. The number of thioether (sulfide) groups is 1. The van der Waals surface area contributed by atoms with E-state index < -0.39 is 9.84 Å². The monoisotopic (exact) mass is 238 g/mol. The van der Waals surface area contributed by atoms with E-state index in [0.29, 0.717) is 5.06 Å². The number of methoxy groups -OCH3 is 1. The zero-order valence-electron chi connectivity index (χ0n) is 7.53. The molecule has 1 rings (SSSR count).